The van der Waals surface area contributed by atoms with Crippen LogP contribution in [0.5, 0.6) is 0 Å². The minimum atomic E-state index is -0.270. The first-order valence-electron chi connectivity index (χ1n) is 12.4. The van der Waals surface area contributed by atoms with Crippen LogP contribution in [0.4, 0.5) is 0 Å². The van der Waals surface area contributed by atoms with Gasteiger partial charge in [-0.05, 0) is 69.5 Å². The van der Waals surface area contributed by atoms with E-state index in [1.165, 1.54) is 12.0 Å². The van der Waals surface area contributed by atoms with Crippen LogP contribution in [-0.2, 0) is 16.1 Å². The van der Waals surface area contributed by atoms with E-state index in [0.717, 1.165) is 84.2 Å². The van der Waals surface area contributed by atoms with E-state index in [-0.39, 0.29) is 5.41 Å². The molecule has 1 aromatic rings. The molecule has 3 saturated heterocycles. The first-order valence-corrected chi connectivity index (χ1v) is 12.4. The molecule has 0 bridgehead atoms. The molecule has 0 aliphatic carbocycles. The predicted octanol–water partition coefficient (Wildman–Crippen LogP) is 3.93. The first-order chi connectivity index (χ1) is 15.1. The standard InChI is InChI=1S/C26H39N3O2/c1-26(14-6-9-17-29(25(26)31)20-22-10-4-2-5-11-22)23-12-18-27(19-13-23)21-24(30)28-15-7-3-8-16-28/h2,4-5,10-11,23H,3,6-9,12-21H2,1H3/t26-/m0/s1. The molecule has 1 atom stereocenters. The fourth-order valence-electron chi connectivity index (χ4n) is 5.86. The molecule has 0 saturated carbocycles. The van der Waals surface area contributed by atoms with Gasteiger partial charge in [-0.3, -0.25) is 14.5 Å². The molecule has 3 aliphatic heterocycles. The highest BCUT2D eigenvalue weighted by Crippen LogP contribution is 2.43. The summed E-state index contributed by atoms with van der Waals surface area (Å²) in [6, 6.07) is 10.4. The Kier molecular flexibility index (Phi) is 7.31. The molecule has 0 unspecified atom stereocenters. The summed E-state index contributed by atoms with van der Waals surface area (Å²) in [5.74, 6) is 1.05. The normalized spacial score (nSPS) is 26.7. The molecule has 1 aromatic carbocycles. The summed E-state index contributed by atoms with van der Waals surface area (Å²) in [4.78, 5) is 32.8. The molecular formula is C26H39N3O2. The molecule has 4 rings (SSSR count). The molecule has 0 aromatic heterocycles. The first kappa shape index (κ1) is 22.3. The number of amides is 2. The number of carbonyl (C=O) groups is 2. The molecule has 0 N–H and O–H groups in total. The van der Waals surface area contributed by atoms with Crippen LogP contribution >= 0.6 is 0 Å². The number of rotatable bonds is 5. The van der Waals surface area contributed by atoms with Crippen LogP contribution in [0.15, 0.2) is 30.3 Å². The number of hydrogen-bond acceptors (Lipinski definition) is 3. The summed E-state index contributed by atoms with van der Waals surface area (Å²) >= 11 is 0. The van der Waals surface area contributed by atoms with Gasteiger partial charge in [-0.2, -0.15) is 0 Å². The smallest absolute Gasteiger partial charge is 0.236 e. The summed E-state index contributed by atoms with van der Waals surface area (Å²) in [5, 5.41) is 0. The van der Waals surface area contributed by atoms with Crippen molar-refractivity contribution in [3.63, 3.8) is 0 Å². The average Bonchev–Trinajstić information content (AvgIpc) is 2.95. The van der Waals surface area contributed by atoms with Crippen molar-refractivity contribution in [2.24, 2.45) is 11.3 Å². The van der Waals surface area contributed by atoms with E-state index in [4.69, 9.17) is 0 Å². The number of piperidine rings is 2. The molecule has 2 amide bonds. The minimum Gasteiger partial charge on any atom is -0.342 e. The molecular weight excluding hydrogens is 386 g/mol. The van der Waals surface area contributed by atoms with Gasteiger partial charge >= 0.3 is 0 Å². The summed E-state index contributed by atoms with van der Waals surface area (Å²) in [6.45, 7) is 8.09. The lowest BCUT2D eigenvalue weighted by atomic mass is 9.69. The Morgan fingerprint density at radius 1 is 0.935 bits per heavy atom. The second-order valence-electron chi connectivity index (χ2n) is 10.1. The molecule has 170 valence electrons. The van der Waals surface area contributed by atoms with Crippen molar-refractivity contribution >= 4 is 11.8 Å². The summed E-state index contributed by atoms with van der Waals surface area (Å²) in [7, 11) is 0. The Labute approximate surface area is 187 Å². The van der Waals surface area contributed by atoms with Gasteiger partial charge in [0.15, 0.2) is 0 Å². The number of carbonyl (C=O) groups excluding carboxylic acids is 2. The minimum absolute atomic E-state index is 0.270. The lowest BCUT2D eigenvalue weighted by Crippen LogP contribution is -2.50. The van der Waals surface area contributed by atoms with Crippen LogP contribution in [0.1, 0.15) is 63.9 Å². The molecule has 31 heavy (non-hydrogen) atoms. The number of nitrogens with zero attached hydrogens (tertiary/aromatic N) is 3. The van der Waals surface area contributed by atoms with Crippen molar-refractivity contribution < 1.29 is 9.59 Å². The van der Waals surface area contributed by atoms with Gasteiger partial charge in [0.2, 0.25) is 11.8 Å². The SMILES string of the molecule is C[C@@]1(C2CCN(CC(=O)N3CCCCC3)CC2)CCCCN(Cc2ccccc2)C1=O. The van der Waals surface area contributed by atoms with E-state index >= 15 is 0 Å². The zero-order valence-electron chi connectivity index (χ0n) is 19.2. The summed E-state index contributed by atoms with van der Waals surface area (Å²) in [5.41, 5.74) is 0.944. The van der Waals surface area contributed by atoms with Crippen LogP contribution in [-0.4, -0.2) is 65.8 Å². The van der Waals surface area contributed by atoms with E-state index in [1.807, 2.05) is 11.0 Å². The Balaban J connectivity index is 1.34. The highest BCUT2D eigenvalue weighted by atomic mass is 16.2. The van der Waals surface area contributed by atoms with Gasteiger partial charge in [0.1, 0.15) is 0 Å². The maximum atomic E-state index is 13.7. The largest absolute Gasteiger partial charge is 0.342 e. The average molecular weight is 426 g/mol. The third-order valence-electron chi connectivity index (χ3n) is 7.92. The van der Waals surface area contributed by atoms with E-state index < -0.39 is 0 Å². The molecule has 3 fully saturated rings. The molecule has 0 radical (unpaired) electrons. The number of likely N-dealkylation sites (tertiary alicyclic amines) is 3. The molecule has 5 nitrogen and oxygen atoms in total. The van der Waals surface area contributed by atoms with Gasteiger partial charge in [-0.25, -0.2) is 0 Å². The number of hydrogen-bond donors (Lipinski definition) is 0. The lowest BCUT2D eigenvalue weighted by Gasteiger charge is -2.43. The van der Waals surface area contributed by atoms with Gasteiger partial charge in [0.05, 0.1) is 6.54 Å². The van der Waals surface area contributed by atoms with Gasteiger partial charge in [-0.15, -0.1) is 0 Å². The Hall–Kier alpha value is -1.88. The third kappa shape index (κ3) is 5.31. The summed E-state index contributed by atoms with van der Waals surface area (Å²) < 4.78 is 0. The van der Waals surface area contributed by atoms with Crippen molar-refractivity contribution in [1.82, 2.24) is 14.7 Å². The van der Waals surface area contributed by atoms with Crippen LogP contribution in [0.3, 0.4) is 0 Å². The van der Waals surface area contributed by atoms with Crippen molar-refractivity contribution in [2.45, 2.75) is 64.8 Å². The van der Waals surface area contributed by atoms with Gasteiger partial charge in [0.25, 0.3) is 0 Å². The zero-order valence-corrected chi connectivity index (χ0v) is 19.2. The van der Waals surface area contributed by atoms with Crippen LogP contribution in [0, 0.1) is 11.3 Å². The van der Waals surface area contributed by atoms with Gasteiger partial charge in [-0.1, -0.05) is 43.7 Å². The fraction of sp³-hybridized carbons (Fsp3) is 0.692. The number of benzene rings is 1. The van der Waals surface area contributed by atoms with Crippen LogP contribution in [0.2, 0.25) is 0 Å². The van der Waals surface area contributed by atoms with Gasteiger partial charge < -0.3 is 9.80 Å². The molecule has 3 heterocycles. The second kappa shape index (κ2) is 10.2. The Morgan fingerprint density at radius 2 is 1.61 bits per heavy atom. The highest BCUT2D eigenvalue weighted by Gasteiger charge is 2.45. The van der Waals surface area contributed by atoms with Crippen molar-refractivity contribution in [3.05, 3.63) is 35.9 Å². The van der Waals surface area contributed by atoms with E-state index in [9.17, 15) is 9.59 Å². The summed E-state index contributed by atoms with van der Waals surface area (Å²) in [6.07, 6.45) is 8.81. The maximum absolute atomic E-state index is 13.7. The second-order valence-corrected chi connectivity index (χ2v) is 10.1. The van der Waals surface area contributed by atoms with E-state index in [0.29, 0.717) is 24.3 Å². The molecule has 0 spiro atoms. The highest BCUT2D eigenvalue weighted by molar-refractivity contribution is 5.83. The fourth-order valence-corrected chi connectivity index (χ4v) is 5.86. The Morgan fingerprint density at radius 3 is 2.32 bits per heavy atom. The van der Waals surface area contributed by atoms with Gasteiger partial charge in [0, 0.05) is 31.6 Å². The quantitative estimate of drug-likeness (QED) is 0.718. The van der Waals surface area contributed by atoms with Crippen LogP contribution in [0.25, 0.3) is 0 Å². The molecule has 3 aliphatic rings. The monoisotopic (exact) mass is 425 g/mol. The predicted molar refractivity (Wildman–Crippen MR) is 123 cm³/mol. The molecule has 5 heteroatoms. The zero-order chi connectivity index (χ0) is 21.7. The van der Waals surface area contributed by atoms with Crippen molar-refractivity contribution in [3.8, 4) is 0 Å². The van der Waals surface area contributed by atoms with Crippen LogP contribution < -0.4 is 0 Å². The lowest BCUT2D eigenvalue weighted by molar-refractivity contribution is -0.146. The third-order valence-corrected chi connectivity index (χ3v) is 7.92. The Bertz CT molecular complexity index is 738. The van der Waals surface area contributed by atoms with E-state index in [1.54, 1.807) is 0 Å². The van der Waals surface area contributed by atoms with E-state index in [2.05, 4.69) is 41.0 Å². The topological polar surface area (TPSA) is 43.9 Å². The maximum Gasteiger partial charge on any atom is 0.236 e. The van der Waals surface area contributed by atoms with Crippen molar-refractivity contribution in [1.29, 1.82) is 0 Å². The van der Waals surface area contributed by atoms with Crippen molar-refractivity contribution in [2.75, 3.05) is 39.3 Å².